The fourth-order valence-electron chi connectivity index (χ4n) is 3.72. The van der Waals surface area contributed by atoms with E-state index in [0.717, 1.165) is 5.56 Å². The maximum atomic E-state index is 13.0. The number of halogens is 2. The summed E-state index contributed by atoms with van der Waals surface area (Å²) in [4.78, 5) is 27.3. The summed E-state index contributed by atoms with van der Waals surface area (Å²) in [6.07, 6.45) is 0.521. The van der Waals surface area contributed by atoms with Gasteiger partial charge in [0.1, 0.15) is 11.5 Å². The van der Waals surface area contributed by atoms with Crippen LogP contribution in [-0.4, -0.2) is 49.1 Å². The number of likely N-dealkylation sites (tertiary alicyclic amines) is 1. The topological polar surface area (TPSA) is 76.1 Å². The Labute approximate surface area is 191 Å². The first-order valence-electron chi connectivity index (χ1n) is 9.67. The van der Waals surface area contributed by atoms with E-state index in [1.165, 1.54) is 4.90 Å². The number of aliphatic hydroxyl groups is 1. The summed E-state index contributed by atoms with van der Waals surface area (Å²) in [5.74, 6) is -1.08. The summed E-state index contributed by atoms with van der Waals surface area (Å²) in [6, 6.07) is 9.04. The Morgan fingerprint density at radius 1 is 1.13 bits per heavy atom. The number of nitrogens with zero attached hydrogens (tertiary/aromatic N) is 1. The number of amides is 1. The van der Waals surface area contributed by atoms with Crippen molar-refractivity contribution in [1.29, 1.82) is 0 Å². The number of aryl methyl sites for hydroxylation is 1. The number of ether oxygens (including phenoxy) is 2. The molecular weight excluding hydrogens is 441 g/mol. The smallest absolute Gasteiger partial charge is 0.295 e. The predicted molar refractivity (Wildman–Crippen MR) is 120 cm³/mol. The van der Waals surface area contributed by atoms with Crippen molar-refractivity contribution in [1.82, 2.24) is 4.90 Å². The van der Waals surface area contributed by atoms with Gasteiger partial charge in [-0.25, -0.2) is 0 Å². The van der Waals surface area contributed by atoms with E-state index in [-0.39, 0.29) is 17.9 Å². The zero-order valence-corrected chi connectivity index (χ0v) is 19.0. The third kappa shape index (κ3) is 4.56. The number of hydrogen-bond donors (Lipinski definition) is 1. The van der Waals surface area contributed by atoms with Gasteiger partial charge in [0.05, 0.1) is 18.7 Å². The van der Waals surface area contributed by atoms with Crippen LogP contribution in [0.1, 0.15) is 29.2 Å². The summed E-state index contributed by atoms with van der Waals surface area (Å²) in [5, 5.41) is 11.8. The molecule has 1 amide bonds. The summed E-state index contributed by atoms with van der Waals surface area (Å²) in [6.45, 7) is 2.51. The van der Waals surface area contributed by atoms with E-state index < -0.39 is 17.7 Å². The van der Waals surface area contributed by atoms with Gasteiger partial charge in [-0.05, 0) is 54.8 Å². The molecule has 164 valence electrons. The molecule has 2 aromatic rings. The molecular formula is C23H23Cl2NO5. The van der Waals surface area contributed by atoms with Gasteiger partial charge in [0.15, 0.2) is 0 Å². The molecule has 1 N–H and O–H groups in total. The first kappa shape index (κ1) is 23.1. The molecule has 1 fully saturated rings. The average Bonchev–Trinajstić information content (AvgIpc) is 2.98. The Hall–Kier alpha value is -2.54. The van der Waals surface area contributed by atoms with Crippen LogP contribution in [0.4, 0.5) is 0 Å². The Balaban J connectivity index is 2.17. The number of methoxy groups -OCH3 is 2. The Kier molecular flexibility index (Phi) is 7.26. The molecule has 1 heterocycles. The highest BCUT2D eigenvalue weighted by molar-refractivity contribution is 6.47. The number of Topliss-reactive ketones (excluding diaryl/α,β-unsaturated/α-hetero) is 1. The molecule has 0 unspecified atom stereocenters. The highest BCUT2D eigenvalue weighted by atomic mass is 35.5. The van der Waals surface area contributed by atoms with E-state index >= 15 is 0 Å². The standard InChI is InChI=1S/C23H23Cl2NO5/c1-13-11-14(5-8-18(13)31-3)21(27)19-20(16-7-6-15(24)12-17(16)25)26(9-4-10-30-2)23(29)22(19)28/h5-8,11-12,20,27H,4,9-10H2,1-3H3/t20-/m1/s1. The molecule has 1 aliphatic rings. The number of hydrogen-bond acceptors (Lipinski definition) is 5. The SMILES string of the molecule is COCCCN1C(=O)C(=O)C(=C(O)c2ccc(OC)c(C)c2)[C@H]1c1ccc(Cl)cc1Cl. The maximum Gasteiger partial charge on any atom is 0.295 e. The molecule has 1 aliphatic heterocycles. The third-order valence-corrected chi connectivity index (χ3v) is 5.78. The van der Waals surface area contributed by atoms with E-state index in [4.69, 9.17) is 32.7 Å². The van der Waals surface area contributed by atoms with Crippen molar-refractivity contribution in [3.8, 4) is 5.75 Å². The molecule has 6 nitrogen and oxygen atoms in total. The second kappa shape index (κ2) is 9.73. The van der Waals surface area contributed by atoms with Crippen molar-refractivity contribution >= 4 is 40.7 Å². The van der Waals surface area contributed by atoms with Crippen LogP contribution in [-0.2, 0) is 14.3 Å². The second-order valence-corrected chi connectivity index (χ2v) is 8.03. The molecule has 31 heavy (non-hydrogen) atoms. The first-order valence-corrected chi connectivity index (χ1v) is 10.4. The quantitative estimate of drug-likeness (QED) is 0.277. The number of ketones is 1. The van der Waals surface area contributed by atoms with Gasteiger partial charge in [-0.1, -0.05) is 29.3 Å². The highest BCUT2D eigenvalue weighted by Crippen LogP contribution is 2.42. The van der Waals surface area contributed by atoms with Crippen molar-refractivity contribution in [3.63, 3.8) is 0 Å². The summed E-state index contributed by atoms with van der Waals surface area (Å²) >= 11 is 12.5. The van der Waals surface area contributed by atoms with Crippen LogP contribution in [0.5, 0.6) is 5.75 Å². The van der Waals surface area contributed by atoms with Gasteiger partial charge in [-0.2, -0.15) is 0 Å². The molecule has 1 atom stereocenters. The Morgan fingerprint density at radius 2 is 1.87 bits per heavy atom. The van der Waals surface area contributed by atoms with Crippen molar-refractivity contribution in [2.75, 3.05) is 27.4 Å². The highest BCUT2D eigenvalue weighted by Gasteiger charge is 2.46. The van der Waals surface area contributed by atoms with Gasteiger partial charge in [0.25, 0.3) is 11.7 Å². The molecule has 0 aromatic heterocycles. The lowest BCUT2D eigenvalue weighted by Crippen LogP contribution is -2.31. The molecule has 0 bridgehead atoms. The van der Waals surface area contributed by atoms with E-state index in [9.17, 15) is 14.7 Å². The van der Waals surface area contributed by atoms with Crippen molar-refractivity contribution in [2.24, 2.45) is 0 Å². The number of benzene rings is 2. The van der Waals surface area contributed by atoms with Crippen LogP contribution in [0.2, 0.25) is 10.0 Å². The van der Waals surface area contributed by atoms with Crippen molar-refractivity contribution < 1.29 is 24.2 Å². The molecule has 0 radical (unpaired) electrons. The summed E-state index contributed by atoms with van der Waals surface area (Å²) in [7, 11) is 3.11. The maximum absolute atomic E-state index is 13.0. The zero-order chi connectivity index (χ0) is 22.7. The summed E-state index contributed by atoms with van der Waals surface area (Å²) in [5.41, 5.74) is 1.68. The summed E-state index contributed by atoms with van der Waals surface area (Å²) < 4.78 is 10.3. The molecule has 8 heteroatoms. The largest absolute Gasteiger partial charge is 0.507 e. The van der Waals surface area contributed by atoms with Gasteiger partial charge in [0, 0.05) is 35.9 Å². The van der Waals surface area contributed by atoms with Crippen LogP contribution >= 0.6 is 23.2 Å². The fraction of sp³-hybridized carbons (Fsp3) is 0.304. The Bertz CT molecular complexity index is 1050. The van der Waals surface area contributed by atoms with E-state index in [2.05, 4.69) is 0 Å². The van der Waals surface area contributed by atoms with E-state index in [0.29, 0.717) is 39.9 Å². The predicted octanol–water partition coefficient (Wildman–Crippen LogP) is 4.77. The van der Waals surface area contributed by atoms with E-state index in [1.807, 2.05) is 6.92 Å². The second-order valence-electron chi connectivity index (χ2n) is 7.19. The van der Waals surface area contributed by atoms with Gasteiger partial charge < -0.3 is 19.5 Å². The van der Waals surface area contributed by atoms with Crippen molar-refractivity contribution in [2.45, 2.75) is 19.4 Å². The van der Waals surface area contributed by atoms with Gasteiger partial charge in [-0.15, -0.1) is 0 Å². The van der Waals surface area contributed by atoms with Crippen LogP contribution in [0, 0.1) is 6.92 Å². The van der Waals surface area contributed by atoms with Gasteiger partial charge in [-0.3, -0.25) is 9.59 Å². The van der Waals surface area contributed by atoms with Crippen LogP contribution in [0.3, 0.4) is 0 Å². The number of carbonyl (C=O) groups is 2. The van der Waals surface area contributed by atoms with Gasteiger partial charge in [0.2, 0.25) is 0 Å². The van der Waals surface area contributed by atoms with Crippen molar-refractivity contribution in [3.05, 3.63) is 68.7 Å². The molecule has 1 saturated heterocycles. The lowest BCUT2D eigenvalue weighted by Gasteiger charge is -2.26. The van der Waals surface area contributed by atoms with Crippen LogP contribution < -0.4 is 4.74 Å². The molecule has 0 saturated carbocycles. The zero-order valence-electron chi connectivity index (χ0n) is 17.4. The monoisotopic (exact) mass is 463 g/mol. The minimum Gasteiger partial charge on any atom is -0.507 e. The fourth-order valence-corrected chi connectivity index (χ4v) is 4.23. The van der Waals surface area contributed by atoms with E-state index in [1.54, 1.807) is 50.6 Å². The van der Waals surface area contributed by atoms with Gasteiger partial charge >= 0.3 is 0 Å². The number of aliphatic hydroxyl groups excluding tert-OH is 1. The number of carbonyl (C=O) groups excluding carboxylic acids is 2. The lowest BCUT2D eigenvalue weighted by atomic mass is 9.94. The molecule has 2 aromatic carbocycles. The minimum atomic E-state index is -0.843. The third-order valence-electron chi connectivity index (χ3n) is 5.21. The number of rotatable bonds is 7. The minimum absolute atomic E-state index is 0.0174. The van der Waals surface area contributed by atoms with Crippen LogP contribution in [0.15, 0.2) is 42.0 Å². The average molecular weight is 464 g/mol. The molecule has 3 rings (SSSR count). The normalized spacial score (nSPS) is 18.0. The first-order chi connectivity index (χ1) is 14.8. The van der Waals surface area contributed by atoms with Crippen LogP contribution in [0.25, 0.3) is 5.76 Å². The Morgan fingerprint density at radius 3 is 2.48 bits per heavy atom. The molecule has 0 spiro atoms. The molecule has 0 aliphatic carbocycles. The lowest BCUT2D eigenvalue weighted by molar-refractivity contribution is -0.140.